The Labute approximate surface area is 172 Å². The molecule has 0 radical (unpaired) electrons. The number of nitrogens with zero attached hydrogens (tertiary/aromatic N) is 4. The lowest BCUT2D eigenvalue weighted by Crippen LogP contribution is -2.46. The molecule has 0 spiro atoms. The van der Waals surface area contributed by atoms with Crippen LogP contribution in [0.3, 0.4) is 0 Å². The molecule has 29 heavy (non-hydrogen) atoms. The van der Waals surface area contributed by atoms with Crippen LogP contribution in [0.4, 0.5) is 11.4 Å². The number of benzene rings is 1. The Hall–Kier alpha value is -2.15. The zero-order valence-electron chi connectivity index (χ0n) is 16.6. The SMILES string of the molecule is C#CCCN1CCN(c2ccc(S(=O)(=O)N3CCCCCC3)cc2[N+](=O)[O-])CC1. The number of piperazine rings is 1. The maximum atomic E-state index is 13.0. The zero-order valence-corrected chi connectivity index (χ0v) is 17.4. The Morgan fingerprint density at radius 3 is 2.28 bits per heavy atom. The van der Waals surface area contributed by atoms with Gasteiger partial charge in [0.1, 0.15) is 5.69 Å². The number of terminal acetylenes is 1. The van der Waals surface area contributed by atoms with E-state index in [4.69, 9.17) is 6.42 Å². The van der Waals surface area contributed by atoms with Crippen molar-refractivity contribution < 1.29 is 13.3 Å². The van der Waals surface area contributed by atoms with E-state index >= 15 is 0 Å². The Balaban J connectivity index is 1.81. The minimum atomic E-state index is -3.72. The number of nitro groups is 1. The number of hydrogen-bond donors (Lipinski definition) is 0. The standard InChI is InChI=1S/C20H28N4O4S/c1-2-3-10-21-13-15-22(16-14-21)19-9-8-18(17-20(19)24(25)26)29(27,28)23-11-6-4-5-7-12-23/h1,8-9,17H,3-7,10-16H2. The molecule has 1 aromatic carbocycles. The minimum absolute atomic E-state index is 0.00232. The fourth-order valence-electron chi connectivity index (χ4n) is 3.94. The maximum absolute atomic E-state index is 13.0. The van der Waals surface area contributed by atoms with Gasteiger partial charge in [-0.05, 0) is 25.0 Å². The van der Waals surface area contributed by atoms with Gasteiger partial charge in [-0.25, -0.2) is 8.42 Å². The van der Waals surface area contributed by atoms with E-state index in [2.05, 4.69) is 10.8 Å². The summed E-state index contributed by atoms with van der Waals surface area (Å²) < 4.78 is 27.5. The molecular formula is C20H28N4O4S. The van der Waals surface area contributed by atoms with Crippen LogP contribution >= 0.6 is 0 Å². The highest BCUT2D eigenvalue weighted by molar-refractivity contribution is 7.89. The second kappa shape index (κ2) is 9.57. The van der Waals surface area contributed by atoms with Crippen molar-refractivity contribution in [2.45, 2.75) is 37.0 Å². The zero-order chi connectivity index (χ0) is 20.9. The maximum Gasteiger partial charge on any atom is 0.293 e. The van der Waals surface area contributed by atoms with Crippen molar-refractivity contribution in [1.82, 2.24) is 9.21 Å². The number of hydrogen-bond acceptors (Lipinski definition) is 6. The number of sulfonamides is 1. The monoisotopic (exact) mass is 420 g/mol. The summed E-state index contributed by atoms with van der Waals surface area (Å²) in [5.74, 6) is 2.63. The fraction of sp³-hybridized carbons (Fsp3) is 0.600. The van der Waals surface area contributed by atoms with Crippen LogP contribution in [0.5, 0.6) is 0 Å². The average Bonchev–Trinajstić information content (AvgIpc) is 3.02. The first-order valence-corrected chi connectivity index (χ1v) is 11.6. The predicted molar refractivity (Wildman–Crippen MR) is 112 cm³/mol. The van der Waals surface area contributed by atoms with Crippen LogP contribution in [0.15, 0.2) is 23.1 Å². The molecule has 8 nitrogen and oxygen atoms in total. The third kappa shape index (κ3) is 5.07. The summed E-state index contributed by atoms with van der Waals surface area (Å²) in [6.07, 6.45) is 9.67. The number of anilines is 1. The van der Waals surface area contributed by atoms with Crippen LogP contribution in [-0.2, 0) is 10.0 Å². The van der Waals surface area contributed by atoms with Gasteiger partial charge in [-0.2, -0.15) is 4.31 Å². The van der Waals surface area contributed by atoms with E-state index in [1.54, 1.807) is 6.07 Å². The molecular weight excluding hydrogens is 392 g/mol. The third-order valence-corrected chi connectivity index (χ3v) is 7.53. The van der Waals surface area contributed by atoms with E-state index < -0.39 is 14.9 Å². The molecule has 0 unspecified atom stereocenters. The van der Waals surface area contributed by atoms with Gasteiger partial charge in [-0.3, -0.25) is 15.0 Å². The van der Waals surface area contributed by atoms with E-state index in [0.717, 1.165) is 45.3 Å². The van der Waals surface area contributed by atoms with Crippen LogP contribution in [0, 0.1) is 22.5 Å². The molecule has 0 amide bonds. The van der Waals surface area contributed by atoms with E-state index in [1.165, 1.54) is 16.4 Å². The molecule has 158 valence electrons. The minimum Gasteiger partial charge on any atom is -0.363 e. The number of rotatable bonds is 6. The van der Waals surface area contributed by atoms with Crippen LogP contribution in [-0.4, -0.2) is 68.4 Å². The van der Waals surface area contributed by atoms with Crippen molar-refractivity contribution in [3.63, 3.8) is 0 Å². The topological polar surface area (TPSA) is 87.0 Å². The normalized spacial score (nSPS) is 19.5. The van der Waals surface area contributed by atoms with Crippen molar-refractivity contribution in [2.75, 3.05) is 50.7 Å². The molecule has 2 aliphatic heterocycles. The predicted octanol–water partition coefficient (Wildman–Crippen LogP) is 2.30. The van der Waals surface area contributed by atoms with Crippen molar-refractivity contribution in [3.8, 4) is 12.3 Å². The molecule has 0 N–H and O–H groups in total. The summed E-state index contributed by atoms with van der Waals surface area (Å²) in [7, 11) is -3.72. The molecule has 2 heterocycles. The van der Waals surface area contributed by atoms with Gasteiger partial charge in [0.15, 0.2) is 0 Å². The molecule has 2 aliphatic rings. The first kappa shape index (κ1) is 21.6. The summed E-state index contributed by atoms with van der Waals surface area (Å²) in [5, 5.41) is 11.7. The first-order valence-electron chi connectivity index (χ1n) is 10.1. The molecule has 3 rings (SSSR count). The number of nitro benzene ring substituents is 1. The van der Waals surface area contributed by atoms with Gasteiger partial charge >= 0.3 is 0 Å². The third-order valence-electron chi connectivity index (χ3n) is 5.63. The van der Waals surface area contributed by atoms with Gasteiger partial charge < -0.3 is 4.90 Å². The molecule has 0 aromatic heterocycles. The molecule has 0 aliphatic carbocycles. The Bertz CT molecular complexity index is 865. The Morgan fingerprint density at radius 1 is 1.03 bits per heavy atom. The molecule has 2 fully saturated rings. The summed E-state index contributed by atoms with van der Waals surface area (Å²) in [6.45, 7) is 4.58. The van der Waals surface area contributed by atoms with E-state index in [-0.39, 0.29) is 10.6 Å². The molecule has 2 saturated heterocycles. The molecule has 9 heteroatoms. The van der Waals surface area contributed by atoms with Crippen molar-refractivity contribution >= 4 is 21.4 Å². The molecule has 1 aromatic rings. The Morgan fingerprint density at radius 2 is 1.69 bits per heavy atom. The highest BCUT2D eigenvalue weighted by Gasteiger charge is 2.30. The van der Waals surface area contributed by atoms with Crippen molar-refractivity contribution in [3.05, 3.63) is 28.3 Å². The second-order valence-electron chi connectivity index (χ2n) is 7.51. The summed E-state index contributed by atoms with van der Waals surface area (Å²) in [6, 6.07) is 4.31. The van der Waals surface area contributed by atoms with Crippen molar-refractivity contribution in [2.24, 2.45) is 0 Å². The lowest BCUT2D eigenvalue weighted by molar-refractivity contribution is -0.384. The van der Waals surface area contributed by atoms with Crippen LogP contribution in [0.2, 0.25) is 0 Å². The lowest BCUT2D eigenvalue weighted by Gasteiger charge is -2.35. The molecule has 0 saturated carbocycles. The summed E-state index contributed by atoms with van der Waals surface area (Å²) in [5.41, 5.74) is 0.319. The lowest BCUT2D eigenvalue weighted by atomic mass is 10.2. The van der Waals surface area contributed by atoms with Gasteiger partial charge in [0.2, 0.25) is 10.0 Å². The highest BCUT2D eigenvalue weighted by Crippen LogP contribution is 2.33. The van der Waals surface area contributed by atoms with E-state index in [9.17, 15) is 18.5 Å². The summed E-state index contributed by atoms with van der Waals surface area (Å²) >= 11 is 0. The van der Waals surface area contributed by atoms with Crippen LogP contribution in [0.25, 0.3) is 0 Å². The second-order valence-corrected chi connectivity index (χ2v) is 9.45. The van der Waals surface area contributed by atoms with Crippen molar-refractivity contribution in [1.29, 1.82) is 0 Å². The summed E-state index contributed by atoms with van der Waals surface area (Å²) in [4.78, 5) is 15.4. The van der Waals surface area contributed by atoms with Crippen LogP contribution in [0.1, 0.15) is 32.1 Å². The van der Waals surface area contributed by atoms with Gasteiger partial charge in [0.05, 0.1) is 9.82 Å². The van der Waals surface area contributed by atoms with Gasteiger partial charge in [0.25, 0.3) is 5.69 Å². The average molecular weight is 421 g/mol. The highest BCUT2D eigenvalue weighted by atomic mass is 32.2. The largest absolute Gasteiger partial charge is 0.363 e. The smallest absolute Gasteiger partial charge is 0.293 e. The van der Waals surface area contributed by atoms with Gasteiger partial charge in [-0.1, -0.05) is 12.8 Å². The fourth-order valence-corrected chi connectivity index (χ4v) is 5.48. The first-order chi connectivity index (χ1) is 13.9. The van der Waals surface area contributed by atoms with Gasteiger partial charge in [0, 0.05) is 58.3 Å². The molecule has 0 bridgehead atoms. The molecule has 0 atom stereocenters. The quantitative estimate of drug-likeness (QED) is 0.399. The Kier molecular flexibility index (Phi) is 7.11. The van der Waals surface area contributed by atoms with E-state index in [1.807, 2.05) is 4.90 Å². The van der Waals surface area contributed by atoms with Crippen LogP contribution < -0.4 is 4.90 Å². The van der Waals surface area contributed by atoms with E-state index in [0.29, 0.717) is 38.3 Å². The van der Waals surface area contributed by atoms with Gasteiger partial charge in [-0.15, -0.1) is 12.3 Å².